The van der Waals surface area contributed by atoms with E-state index >= 15 is 0 Å². The number of anilines is 2. The number of carboxylic acids is 1. The Morgan fingerprint density at radius 2 is 1.89 bits per heavy atom. The van der Waals surface area contributed by atoms with Crippen molar-refractivity contribution in [2.24, 2.45) is 0 Å². The van der Waals surface area contributed by atoms with Crippen LogP contribution in [0.1, 0.15) is 29.8 Å². The molecule has 0 aliphatic carbocycles. The van der Waals surface area contributed by atoms with E-state index in [1.54, 1.807) is 12.1 Å². The fourth-order valence-corrected chi connectivity index (χ4v) is 4.33. The molecular weight excluding hydrogens is 541 g/mol. The van der Waals surface area contributed by atoms with Crippen molar-refractivity contribution >= 4 is 46.5 Å². The van der Waals surface area contributed by atoms with Gasteiger partial charge in [0.15, 0.2) is 0 Å². The number of rotatable bonds is 7. The number of carboxylic acid groups (broad SMARTS) is 1. The Labute approximate surface area is 227 Å². The van der Waals surface area contributed by atoms with Gasteiger partial charge in [0.2, 0.25) is 0 Å². The molecule has 2 N–H and O–H groups in total. The number of hydrogen-bond acceptors (Lipinski definition) is 5. The molecule has 38 heavy (non-hydrogen) atoms. The second kappa shape index (κ2) is 10.7. The lowest BCUT2D eigenvalue weighted by Gasteiger charge is -2.33. The molecule has 1 aliphatic heterocycles. The van der Waals surface area contributed by atoms with Gasteiger partial charge in [0.05, 0.1) is 28.2 Å². The highest BCUT2D eigenvalue weighted by molar-refractivity contribution is 6.32. The molecule has 1 aliphatic rings. The number of nitrogens with one attached hydrogen (secondary N) is 1. The number of fused-ring (bicyclic) bond motifs is 1. The molecule has 0 bridgehead atoms. The monoisotopic (exact) mass is 564 g/mol. The van der Waals surface area contributed by atoms with Crippen LogP contribution in [0.2, 0.25) is 10.0 Å². The van der Waals surface area contributed by atoms with Crippen molar-refractivity contribution in [2.45, 2.75) is 25.4 Å². The maximum absolute atomic E-state index is 14.9. The fraction of sp³-hybridized carbons (Fsp3) is 0.259. The highest BCUT2D eigenvalue weighted by Gasteiger charge is 2.30. The zero-order valence-corrected chi connectivity index (χ0v) is 22.2. The SMILES string of the molecule is CN1C[C@@H](COc2cc(F)c(C(=O)Nc3cc(F)cc(C(C)(C)C(=O)O)c3)cc2Cl)Oc2cc(Cl)ccc21. The molecule has 0 unspecified atom stereocenters. The highest BCUT2D eigenvalue weighted by atomic mass is 35.5. The van der Waals surface area contributed by atoms with Gasteiger partial charge in [-0.2, -0.15) is 0 Å². The first-order valence-electron chi connectivity index (χ1n) is 11.5. The molecule has 0 saturated heterocycles. The van der Waals surface area contributed by atoms with Crippen molar-refractivity contribution in [1.82, 2.24) is 0 Å². The molecule has 0 aromatic heterocycles. The largest absolute Gasteiger partial charge is 0.488 e. The Balaban J connectivity index is 1.47. The molecule has 0 spiro atoms. The molecule has 200 valence electrons. The topological polar surface area (TPSA) is 88.1 Å². The minimum atomic E-state index is -1.42. The van der Waals surface area contributed by atoms with Gasteiger partial charge in [-0.3, -0.25) is 9.59 Å². The zero-order valence-electron chi connectivity index (χ0n) is 20.6. The maximum Gasteiger partial charge on any atom is 0.313 e. The van der Waals surface area contributed by atoms with Gasteiger partial charge in [0, 0.05) is 29.9 Å². The number of ether oxygens (including phenoxy) is 2. The average Bonchev–Trinajstić information content (AvgIpc) is 2.83. The molecule has 1 atom stereocenters. The lowest BCUT2D eigenvalue weighted by atomic mass is 9.84. The third-order valence-corrected chi connectivity index (χ3v) is 6.74. The van der Waals surface area contributed by atoms with Crippen LogP contribution in [0.15, 0.2) is 48.5 Å². The van der Waals surface area contributed by atoms with Crippen molar-refractivity contribution < 1.29 is 33.0 Å². The third kappa shape index (κ3) is 5.79. The predicted molar refractivity (Wildman–Crippen MR) is 141 cm³/mol. The Morgan fingerprint density at radius 1 is 1.16 bits per heavy atom. The first kappa shape index (κ1) is 27.5. The molecule has 0 fully saturated rings. The van der Waals surface area contributed by atoms with Gasteiger partial charge >= 0.3 is 5.97 Å². The van der Waals surface area contributed by atoms with Crippen molar-refractivity contribution in [3.05, 3.63) is 81.3 Å². The van der Waals surface area contributed by atoms with E-state index in [1.807, 2.05) is 18.0 Å². The normalized spacial score (nSPS) is 14.9. The Hall–Kier alpha value is -3.56. The van der Waals surface area contributed by atoms with E-state index in [2.05, 4.69) is 5.32 Å². The fourth-order valence-electron chi connectivity index (χ4n) is 3.95. The van der Waals surface area contributed by atoms with Gasteiger partial charge in [-0.05, 0) is 55.8 Å². The summed E-state index contributed by atoms with van der Waals surface area (Å²) in [5.74, 6) is -3.13. The van der Waals surface area contributed by atoms with Crippen molar-refractivity contribution in [1.29, 1.82) is 0 Å². The summed E-state index contributed by atoms with van der Waals surface area (Å²) in [5, 5.41) is 12.3. The summed E-state index contributed by atoms with van der Waals surface area (Å²) in [5.41, 5.74) is -0.845. The lowest BCUT2D eigenvalue weighted by molar-refractivity contribution is -0.142. The lowest BCUT2D eigenvalue weighted by Crippen LogP contribution is -2.41. The average molecular weight is 565 g/mol. The second-order valence-corrected chi connectivity index (χ2v) is 10.3. The van der Waals surface area contributed by atoms with Gasteiger partial charge in [0.1, 0.15) is 35.8 Å². The number of carbonyl (C=O) groups excluding carboxylic acids is 1. The molecule has 1 amide bonds. The summed E-state index contributed by atoms with van der Waals surface area (Å²) in [7, 11) is 1.90. The van der Waals surface area contributed by atoms with E-state index in [4.69, 9.17) is 32.7 Å². The van der Waals surface area contributed by atoms with Crippen LogP contribution in [0.25, 0.3) is 0 Å². The van der Waals surface area contributed by atoms with Gasteiger partial charge in [0.25, 0.3) is 5.91 Å². The van der Waals surface area contributed by atoms with Gasteiger partial charge < -0.3 is 24.8 Å². The second-order valence-electron chi connectivity index (χ2n) is 9.42. The Kier molecular flexibility index (Phi) is 7.71. The smallest absolute Gasteiger partial charge is 0.313 e. The molecule has 0 saturated carbocycles. The highest BCUT2D eigenvalue weighted by Crippen LogP contribution is 2.35. The number of benzene rings is 3. The van der Waals surface area contributed by atoms with Crippen LogP contribution in [-0.4, -0.2) is 43.3 Å². The van der Waals surface area contributed by atoms with Crippen LogP contribution < -0.4 is 19.7 Å². The molecule has 3 aromatic rings. The van der Waals surface area contributed by atoms with E-state index in [1.165, 1.54) is 19.9 Å². The van der Waals surface area contributed by atoms with Crippen LogP contribution in [0, 0.1) is 11.6 Å². The van der Waals surface area contributed by atoms with Gasteiger partial charge in [-0.25, -0.2) is 8.78 Å². The first-order chi connectivity index (χ1) is 17.8. The van der Waals surface area contributed by atoms with E-state index in [9.17, 15) is 23.5 Å². The first-order valence-corrected chi connectivity index (χ1v) is 12.3. The van der Waals surface area contributed by atoms with Crippen LogP contribution in [0.4, 0.5) is 20.2 Å². The van der Waals surface area contributed by atoms with E-state index in [0.717, 1.165) is 30.0 Å². The summed E-state index contributed by atoms with van der Waals surface area (Å²) in [6, 6.07) is 10.8. The van der Waals surface area contributed by atoms with Crippen LogP contribution in [-0.2, 0) is 10.2 Å². The Morgan fingerprint density at radius 3 is 2.61 bits per heavy atom. The molecule has 3 aromatic carbocycles. The number of aliphatic carboxylic acids is 1. The van der Waals surface area contributed by atoms with Crippen LogP contribution in [0.3, 0.4) is 0 Å². The Bertz CT molecular complexity index is 1420. The van der Waals surface area contributed by atoms with Crippen LogP contribution in [0.5, 0.6) is 11.5 Å². The van der Waals surface area contributed by atoms with Gasteiger partial charge in [-0.15, -0.1) is 0 Å². The van der Waals surface area contributed by atoms with Crippen molar-refractivity contribution in [3.63, 3.8) is 0 Å². The van der Waals surface area contributed by atoms with Crippen LogP contribution >= 0.6 is 23.2 Å². The predicted octanol–water partition coefficient (Wildman–Crippen LogP) is 6.16. The summed E-state index contributed by atoms with van der Waals surface area (Å²) >= 11 is 12.3. The number of likely N-dealkylation sites (N-methyl/N-ethyl adjacent to an activating group) is 1. The van der Waals surface area contributed by atoms with E-state index in [0.29, 0.717) is 17.3 Å². The summed E-state index contributed by atoms with van der Waals surface area (Å²) in [4.78, 5) is 26.3. The molecule has 0 radical (unpaired) electrons. The minimum absolute atomic E-state index is 0.0140. The molecule has 4 rings (SSSR count). The molecule has 11 heteroatoms. The van der Waals surface area contributed by atoms with Gasteiger partial charge in [-0.1, -0.05) is 23.2 Å². The molecule has 7 nitrogen and oxygen atoms in total. The number of nitrogens with zero attached hydrogens (tertiary/aromatic N) is 1. The minimum Gasteiger partial charge on any atom is -0.488 e. The number of hydrogen-bond donors (Lipinski definition) is 2. The van der Waals surface area contributed by atoms with E-state index in [-0.39, 0.29) is 28.6 Å². The van der Waals surface area contributed by atoms with Crippen molar-refractivity contribution in [2.75, 3.05) is 30.4 Å². The third-order valence-electron chi connectivity index (χ3n) is 6.21. The zero-order chi connectivity index (χ0) is 27.8. The quantitative estimate of drug-likeness (QED) is 0.357. The molecule has 1 heterocycles. The molecular formula is C27H24Cl2F2N2O5. The standard InChI is InChI=1S/C27H24Cl2F2N2O5/c1-27(2,26(35)36)14-6-16(30)9-17(7-14)32-25(34)19-10-20(29)23(11-21(19)31)37-13-18-12-33(3)22-5-4-15(28)8-24(22)38-18/h4-11,18H,12-13H2,1-3H3,(H,32,34)(H,35,36)/t18-/m0/s1. The summed E-state index contributed by atoms with van der Waals surface area (Å²) in [6.45, 7) is 3.35. The van der Waals surface area contributed by atoms with Crippen molar-refractivity contribution in [3.8, 4) is 11.5 Å². The van der Waals surface area contributed by atoms with E-state index < -0.39 is 40.6 Å². The number of amides is 1. The maximum atomic E-state index is 14.9. The number of halogens is 4. The number of carbonyl (C=O) groups is 2. The summed E-state index contributed by atoms with van der Waals surface area (Å²) in [6.07, 6.45) is -0.398. The summed E-state index contributed by atoms with van der Waals surface area (Å²) < 4.78 is 40.7.